The van der Waals surface area contributed by atoms with E-state index in [1.54, 1.807) is 0 Å². The highest BCUT2D eigenvalue weighted by molar-refractivity contribution is 7.22. The molecule has 1 heterocycles. The second-order valence-corrected chi connectivity index (χ2v) is 6.19. The Kier molecular flexibility index (Phi) is 3.24. The Hall–Kier alpha value is -1.46. The molecule has 1 aliphatic carbocycles. The molecule has 1 fully saturated rings. The van der Waals surface area contributed by atoms with Gasteiger partial charge in [0, 0.05) is 0 Å². The molecular formula is C14H17N3OS. The molecule has 100 valence electrons. The molecule has 3 N–H and O–H groups in total. The second-order valence-electron chi connectivity index (χ2n) is 5.16. The van der Waals surface area contributed by atoms with Crippen molar-refractivity contribution in [3.63, 3.8) is 0 Å². The first-order valence-electron chi connectivity index (χ1n) is 6.63. The van der Waals surface area contributed by atoms with E-state index in [1.807, 2.05) is 24.3 Å². The number of carbonyl (C=O) groups excluding carboxylic acids is 1. The number of nitrogens with one attached hydrogen (secondary N) is 1. The Morgan fingerprint density at radius 2 is 2.00 bits per heavy atom. The third-order valence-electron chi connectivity index (χ3n) is 3.71. The summed E-state index contributed by atoms with van der Waals surface area (Å²) >= 11 is 1.49. The Labute approximate surface area is 116 Å². The summed E-state index contributed by atoms with van der Waals surface area (Å²) in [6.45, 7) is 0. The van der Waals surface area contributed by atoms with Crippen LogP contribution in [0.3, 0.4) is 0 Å². The van der Waals surface area contributed by atoms with Crippen molar-refractivity contribution in [2.24, 2.45) is 5.73 Å². The lowest BCUT2D eigenvalue weighted by Gasteiger charge is -2.31. The van der Waals surface area contributed by atoms with E-state index in [4.69, 9.17) is 5.73 Å². The highest BCUT2D eigenvalue weighted by Gasteiger charge is 2.35. The maximum atomic E-state index is 12.3. The summed E-state index contributed by atoms with van der Waals surface area (Å²) in [6, 6.07) is 7.86. The molecule has 1 aromatic heterocycles. The van der Waals surface area contributed by atoms with E-state index in [1.165, 1.54) is 17.8 Å². The lowest BCUT2D eigenvalue weighted by molar-refractivity contribution is -0.122. The number of anilines is 1. The number of para-hydroxylation sites is 1. The highest BCUT2D eigenvalue weighted by Crippen LogP contribution is 2.29. The highest BCUT2D eigenvalue weighted by atomic mass is 32.1. The van der Waals surface area contributed by atoms with Crippen LogP contribution in [0.4, 0.5) is 5.13 Å². The van der Waals surface area contributed by atoms with Gasteiger partial charge >= 0.3 is 0 Å². The van der Waals surface area contributed by atoms with Crippen LogP contribution >= 0.6 is 11.3 Å². The first-order chi connectivity index (χ1) is 9.17. The van der Waals surface area contributed by atoms with Crippen LogP contribution in [0.5, 0.6) is 0 Å². The van der Waals surface area contributed by atoms with Crippen molar-refractivity contribution in [1.82, 2.24) is 4.98 Å². The van der Waals surface area contributed by atoms with Gasteiger partial charge in [-0.25, -0.2) is 4.98 Å². The Morgan fingerprint density at radius 3 is 2.74 bits per heavy atom. The van der Waals surface area contributed by atoms with Crippen molar-refractivity contribution >= 4 is 32.6 Å². The van der Waals surface area contributed by atoms with E-state index in [9.17, 15) is 4.79 Å². The number of fused-ring (bicyclic) bond motifs is 1. The average molecular weight is 275 g/mol. The number of thiazole rings is 1. The molecule has 0 unspecified atom stereocenters. The largest absolute Gasteiger partial charge is 0.317 e. The van der Waals surface area contributed by atoms with Gasteiger partial charge < -0.3 is 11.1 Å². The summed E-state index contributed by atoms with van der Waals surface area (Å²) in [6.07, 6.45) is 4.77. The van der Waals surface area contributed by atoms with Crippen molar-refractivity contribution in [2.75, 3.05) is 5.32 Å². The molecule has 1 saturated carbocycles. The van der Waals surface area contributed by atoms with Gasteiger partial charge in [0.15, 0.2) is 5.13 Å². The molecule has 0 spiro atoms. The minimum atomic E-state index is -0.712. The van der Waals surface area contributed by atoms with Crippen LogP contribution in [-0.2, 0) is 4.79 Å². The minimum absolute atomic E-state index is 0.0914. The molecule has 1 aromatic carbocycles. The third kappa shape index (κ3) is 2.48. The van der Waals surface area contributed by atoms with Gasteiger partial charge in [-0.05, 0) is 25.0 Å². The smallest absolute Gasteiger partial charge is 0.246 e. The molecule has 3 rings (SSSR count). The van der Waals surface area contributed by atoms with Gasteiger partial charge in [0.05, 0.1) is 15.8 Å². The molecule has 1 aliphatic rings. The fraction of sp³-hybridized carbons (Fsp3) is 0.429. The zero-order valence-electron chi connectivity index (χ0n) is 10.7. The molecule has 0 atom stereocenters. The standard InChI is InChI=1S/C14H17N3OS/c15-14(8-4-1-5-9-14)12(18)17-13-16-10-6-2-3-7-11(10)19-13/h2-3,6-7H,1,4-5,8-9,15H2,(H,16,17,18). The first kappa shape index (κ1) is 12.6. The van der Waals surface area contributed by atoms with E-state index in [0.29, 0.717) is 5.13 Å². The maximum absolute atomic E-state index is 12.3. The molecule has 0 bridgehead atoms. The normalized spacial score (nSPS) is 18.4. The summed E-state index contributed by atoms with van der Waals surface area (Å²) in [5, 5.41) is 3.53. The topological polar surface area (TPSA) is 68.0 Å². The summed E-state index contributed by atoms with van der Waals surface area (Å²) in [5.41, 5.74) is 6.41. The van der Waals surface area contributed by atoms with Crippen LogP contribution in [0.15, 0.2) is 24.3 Å². The number of aromatic nitrogens is 1. The number of benzene rings is 1. The second kappa shape index (κ2) is 4.90. The number of nitrogens with two attached hydrogens (primary N) is 1. The van der Waals surface area contributed by atoms with E-state index in [-0.39, 0.29) is 5.91 Å². The van der Waals surface area contributed by atoms with Crippen molar-refractivity contribution in [2.45, 2.75) is 37.6 Å². The van der Waals surface area contributed by atoms with Gasteiger partial charge in [-0.15, -0.1) is 0 Å². The van der Waals surface area contributed by atoms with Gasteiger partial charge in [0.2, 0.25) is 5.91 Å². The van der Waals surface area contributed by atoms with E-state index in [0.717, 1.165) is 35.9 Å². The van der Waals surface area contributed by atoms with Gasteiger partial charge in [0.1, 0.15) is 0 Å². The van der Waals surface area contributed by atoms with Crippen molar-refractivity contribution in [3.05, 3.63) is 24.3 Å². The number of nitrogens with zero attached hydrogens (tertiary/aromatic N) is 1. The maximum Gasteiger partial charge on any atom is 0.246 e. The third-order valence-corrected chi connectivity index (χ3v) is 4.66. The van der Waals surface area contributed by atoms with Crippen LogP contribution in [0.1, 0.15) is 32.1 Å². The molecule has 19 heavy (non-hydrogen) atoms. The molecule has 2 aromatic rings. The molecule has 4 nitrogen and oxygen atoms in total. The molecule has 5 heteroatoms. The van der Waals surface area contributed by atoms with Gasteiger partial charge in [0.25, 0.3) is 0 Å². The van der Waals surface area contributed by atoms with Gasteiger partial charge in [-0.2, -0.15) is 0 Å². The Morgan fingerprint density at radius 1 is 1.26 bits per heavy atom. The Bertz CT molecular complexity index is 569. The zero-order valence-corrected chi connectivity index (χ0v) is 11.5. The number of hydrogen-bond donors (Lipinski definition) is 2. The lowest BCUT2D eigenvalue weighted by atomic mass is 9.82. The van der Waals surface area contributed by atoms with Crippen molar-refractivity contribution < 1.29 is 4.79 Å². The quantitative estimate of drug-likeness (QED) is 0.885. The number of carbonyl (C=O) groups is 1. The SMILES string of the molecule is NC1(C(=O)Nc2nc3ccccc3s2)CCCCC1. The summed E-state index contributed by atoms with van der Waals surface area (Å²) in [7, 11) is 0. The lowest BCUT2D eigenvalue weighted by Crippen LogP contribution is -2.52. The molecular weight excluding hydrogens is 258 g/mol. The monoisotopic (exact) mass is 275 g/mol. The Balaban J connectivity index is 1.78. The fourth-order valence-corrected chi connectivity index (χ4v) is 3.42. The number of hydrogen-bond acceptors (Lipinski definition) is 4. The van der Waals surface area contributed by atoms with Crippen LogP contribution in [0.2, 0.25) is 0 Å². The summed E-state index contributed by atoms with van der Waals surface area (Å²) < 4.78 is 1.08. The van der Waals surface area contributed by atoms with Crippen LogP contribution in [0.25, 0.3) is 10.2 Å². The summed E-state index contributed by atoms with van der Waals surface area (Å²) in [4.78, 5) is 16.7. The molecule has 0 saturated heterocycles. The molecule has 0 aliphatic heterocycles. The van der Waals surface area contributed by atoms with E-state index in [2.05, 4.69) is 10.3 Å². The number of rotatable bonds is 2. The fourth-order valence-electron chi connectivity index (χ4n) is 2.56. The van der Waals surface area contributed by atoms with Crippen molar-refractivity contribution in [3.8, 4) is 0 Å². The van der Waals surface area contributed by atoms with Crippen LogP contribution in [0, 0.1) is 0 Å². The van der Waals surface area contributed by atoms with Gasteiger partial charge in [-0.3, -0.25) is 4.79 Å². The van der Waals surface area contributed by atoms with Gasteiger partial charge in [-0.1, -0.05) is 42.7 Å². The zero-order chi connectivity index (χ0) is 13.3. The van der Waals surface area contributed by atoms with Crippen LogP contribution in [-0.4, -0.2) is 16.4 Å². The predicted octanol–water partition coefficient (Wildman–Crippen LogP) is 2.90. The summed E-state index contributed by atoms with van der Waals surface area (Å²) in [5.74, 6) is -0.0914. The van der Waals surface area contributed by atoms with Crippen molar-refractivity contribution in [1.29, 1.82) is 0 Å². The molecule has 1 amide bonds. The first-order valence-corrected chi connectivity index (χ1v) is 7.45. The van der Waals surface area contributed by atoms with E-state index < -0.39 is 5.54 Å². The van der Waals surface area contributed by atoms with E-state index >= 15 is 0 Å². The molecule has 0 radical (unpaired) electrons. The average Bonchev–Trinajstić information content (AvgIpc) is 2.81. The predicted molar refractivity (Wildman–Crippen MR) is 78.3 cm³/mol. The number of amides is 1. The minimum Gasteiger partial charge on any atom is -0.317 e. The van der Waals surface area contributed by atoms with Crippen LogP contribution < -0.4 is 11.1 Å².